The number of hydrogen-bond acceptors (Lipinski definition) is 5. The largest absolute Gasteiger partial charge is 0.308 e. The molecule has 0 aliphatic carbocycles. The third-order valence-corrected chi connectivity index (χ3v) is 3.53. The number of hydrazine groups is 1. The van der Waals surface area contributed by atoms with Crippen LogP contribution in [0.15, 0.2) is 6.07 Å². The van der Waals surface area contributed by atoms with Crippen molar-refractivity contribution in [2.24, 2.45) is 11.8 Å². The zero-order valence-corrected chi connectivity index (χ0v) is 11.7. The van der Waals surface area contributed by atoms with E-state index in [4.69, 9.17) is 5.84 Å². The van der Waals surface area contributed by atoms with Crippen LogP contribution in [-0.2, 0) is 12.2 Å². The van der Waals surface area contributed by atoms with Crippen molar-refractivity contribution < 1.29 is 0 Å². The number of thioether (sulfide) groups is 1. The molecule has 1 rings (SSSR count). The van der Waals surface area contributed by atoms with Crippen LogP contribution in [0.1, 0.15) is 38.7 Å². The summed E-state index contributed by atoms with van der Waals surface area (Å²) in [6.07, 6.45) is 2.05. The predicted octanol–water partition coefficient (Wildman–Crippen LogP) is 2.60. The second kappa shape index (κ2) is 7.50. The highest BCUT2D eigenvalue weighted by atomic mass is 32.2. The standard InChI is InChI=1S/C12H22N4S/c1-4-5-10-6-11(16-13)15-12(14-10)8-17-7-9(2)3/h6,9H,4-5,7-8,13H2,1-3H3,(H,14,15,16). The fourth-order valence-corrected chi connectivity index (χ4v) is 2.36. The van der Waals surface area contributed by atoms with Gasteiger partial charge in [0.1, 0.15) is 11.6 Å². The quantitative estimate of drug-likeness (QED) is 0.578. The van der Waals surface area contributed by atoms with E-state index >= 15 is 0 Å². The van der Waals surface area contributed by atoms with E-state index in [-0.39, 0.29) is 0 Å². The highest BCUT2D eigenvalue weighted by Gasteiger charge is 2.04. The van der Waals surface area contributed by atoms with Crippen molar-refractivity contribution in [3.8, 4) is 0 Å². The summed E-state index contributed by atoms with van der Waals surface area (Å²) < 4.78 is 0. The maximum atomic E-state index is 5.41. The van der Waals surface area contributed by atoms with Gasteiger partial charge in [-0.15, -0.1) is 0 Å². The Bertz CT molecular complexity index is 341. The Morgan fingerprint density at radius 2 is 2.18 bits per heavy atom. The van der Waals surface area contributed by atoms with Gasteiger partial charge in [0.15, 0.2) is 0 Å². The first-order chi connectivity index (χ1) is 8.15. The molecule has 0 amide bonds. The first-order valence-corrected chi connectivity index (χ1v) is 7.22. The summed E-state index contributed by atoms with van der Waals surface area (Å²) in [4.78, 5) is 8.90. The molecule has 1 heterocycles. The maximum Gasteiger partial charge on any atom is 0.143 e. The zero-order chi connectivity index (χ0) is 12.7. The van der Waals surface area contributed by atoms with E-state index < -0.39 is 0 Å². The monoisotopic (exact) mass is 254 g/mol. The summed E-state index contributed by atoms with van der Waals surface area (Å²) in [5, 5.41) is 0. The second-order valence-corrected chi connectivity index (χ2v) is 5.49. The fraction of sp³-hybridized carbons (Fsp3) is 0.667. The lowest BCUT2D eigenvalue weighted by atomic mass is 10.2. The number of anilines is 1. The number of rotatable bonds is 7. The van der Waals surface area contributed by atoms with Crippen molar-refractivity contribution >= 4 is 17.6 Å². The number of nitrogens with zero attached hydrogens (tertiary/aromatic N) is 2. The number of hydrogen-bond donors (Lipinski definition) is 2. The molecule has 0 radical (unpaired) electrons. The molecule has 0 spiro atoms. The van der Waals surface area contributed by atoms with Crippen LogP contribution in [0.3, 0.4) is 0 Å². The summed E-state index contributed by atoms with van der Waals surface area (Å²) in [5.74, 6) is 9.68. The maximum absolute atomic E-state index is 5.41. The molecule has 0 aliphatic rings. The van der Waals surface area contributed by atoms with Crippen molar-refractivity contribution in [3.05, 3.63) is 17.6 Å². The number of nitrogens with one attached hydrogen (secondary N) is 1. The lowest BCUT2D eigenvalue weighted by molar-refractivity contribution is 0.749. The van der Waals surface area contributed by atoms with Crippen LogP contribution in [0.4, 0.5) is 5.82 Å². The SMILES string of the molecule is CCCc1cc(NN)nc(CSCC(C)C)n1. The lowest BCUT2D eigenvalue weighted by Gasteiger charge is -2.08. The molecule has 0 atom stereocenters. The van der Waals surface area contributed by atoms with Crippen molar-refractivity contribution in [1.82, 2.24) is 9.97 Å². The molecule has 3 N–H and O–H groups in total. The minimum absolute atomic E-state index is 0.700. The van der Waals surface area contributed by atoms with E-state index in [0.717, 1.165) is 35.9 Å². The van der Waals surface area contributed by atoms with E-state index in [0.29, 0.717) is 11.7 Å². The Morgan fingerprint density at radius 1 is 1.41 bits per heavy atom. The van der Waals surface area contributed by atoms with Gasteiger partial charge in [-0.1, -0.05) is 27.2 Å². The van der Waals surface area contributed by atoms with Gasteiger partial charge in [-0.05, 0) is 18.1 Å². The normalized spacial score (nSPS) is 10.9. The first kappa shape index (κ1) is 14.3. The molecule has 0 aromatic carbocycles. The van der Waals surface area contributed by atoms with E-state index in [1.165, 1.54) is 0 Å². The van der Waals surface area contributed by atoms with Crippen molar-refractivity contribution in [3.63, 3.8) is 0 Å². The Kier molecular flexibility index (Phi) is 6.29. The van der Waals surface area contributed by atoms with Crippen LogP contribution >= 0.6 is 11.8 Å². The van der Waals surface area contributed by atoms with Crippen LogP contribution in [0, 0.1) is 5.92 Å². The van der Waals surface area contributed by atoms with E-state index in [2.05, 4.69) is 36.2 Å². The average molecular weight is 254 g/mol. The topological polar surface area (TPSA) is 63.8 Å². The van der Waals surface area contributed by atoms with Crippen LogP contribution in [-0.4, -0.2) is 15.7 Å². The number of nitrogen functional groups attached to an aromatic ring is 1. The minimum atomic E-state index is 0.700. The highest BCUT2D eigenvalue weighted by molar-refractivity contribution is 7.98. The first-order valence-electron chi connectivity index (χ1n) is 6.06. The molecule has 0 saturated heterocycles. The molecule has 1 aromatic rings. The van der Waals surface area contributed by atoms with Gasteiger partial charge < -0.3 is 5.43 Å². The molecule has 17 heavy (non-hydrogen) atoms. The molecule has 0 bridgehead atoms. The Hall–Kier alpha value is -0.810. The van der Waals surface area contributed by atoms with Crippen LogP contribution < -0.4 is 11.3 Å². The van der Waals surface area contributed by atoms with Crippen LogP contribution in [0.5, 0.6) is 0 Å². The van der Waals surface area contributed by atoms with E-state index in [9.17, 15) is 0 Å². The van der Waals surface area contributed by atoms with Gasteiger partial charge in [0, 0.05) is 11.8 Å². The molecule has 96 valence electrons. The lowest BCUT2D eigenvalue weighted by Crippen LogP contribution is -2.11. The summed E-state index contributed by atoms with van der Waals surface area (Å²) in [7, 11) is 0. The van der Waals surface area contributed by atoms with Gasteiger partial charge >= 0.3 is 0 Å². The van der Waals surface area contributed by atoms with Crippen molar-refractivity contribution in [1.29, 1.82) is 0 Å². The van der Waals surface area contributed by atoms with Crippen LogP contribution in [0.2, 0.25) is 0 Å². The molecule has 0 aliphatic heterocycles. The van der Waals surface area contributed by atoms with E-state index in [1.807, 2.05) is 17.8 Å². The number of aromatic nitrogens is 2. The third kappa shape index (κ3) is 5.37. The van der Waals surface area contributed by atoms with Gasteiger partial charge in [-0.2, -0.15) is 11.8 Å². The molecular formula is C12H22N4S. The summed E-state index contributed by atoms with van der Waals surface area (Å²) in [6, 6.07) is 1.92. The van der Waals surface area contributed by atoms with E-state index in [1.54, 1.807) is 0 Å². The van der Waals surface area contributed by atoms with Gasteiger partial charge in [-0.25, -0.2) is 15.8 Å². The minimum Gasteiger partial charge on any atom is -0.308 e. The Labute approximate surface area is 108 Å². The van der Waals surface area contributed by atoms with Crippen molar-refractivity contribution in [2.75, 3.05) is 11.2 Å². The number of nitrogens with two attached hydrogens (primary N) is 1. The molecule has 0 fully saturated rings. The molecule has 0 saturated carbocycles. The van der Waals surface area contributed by atoms with Gasteiger partial charge in [-0.3, -0.25) is 0 Å². The smallest absolute Gasteiger partial charge is 0.143 e. The zero-order valence-electron chi connectivity index (χ0n) is 10.9. The van der Waals surface area contributed by atoms with Crippen LogP contribution in [0.25, 0.3) is 0 Å². The second-order valence-electron chi connectivity index (χ2n) is 4.46. The summed E-state index contributed by atoms with van der Waals surface area (Å²) in [5.41, 5.74) is 3.67. The van der Waals surface area contributed by atoms with Crippen molar-refractivity contribution in [2.45, 2.75) is 39.4 Å². The molecule has 0 unspecified atom stereocenters. The Balaban J connectivity index is 2.66. The van der Waals surface area contributed by atoms with Gasteiger partial charge in [0.25, 0.3) is 0 Å². The third-order valence-electron chi connectivity index (χ3n) is 2.16. The Morgan fingerprint density at radius 3 is 2.76 bits per heavy atom. The average Bonchev–Trinajstić information content (AvgIpc) is 2.28. The molecule has 4 nitrogen and oxygen atoms in total. The predicted molar refractivity (Wildman–Crippen MR) is 74.8 cm³/mol. The summed E-state index contributed by atoms with van der Waals surface area (Å²) in [6.45, 7) is 6.58. The fourth-order valence-electron chi connectivity index (χ4n) is 1.46. The number of aryl methyl sites for hydroxylation is 1. The molecule has 1 aromatic heterocycles. The van der Waals surface area contributed by atoms with Gasteiger partial charge in [0.2, 0.25) is 0 Å². The molecular weight excluding hydrogens is 232 g/mol. The van der Waals surface area contributed by atoms with Gasteiger partial charge in [0.05, 0.1) is 5.75 Å². The highest BCUT2D eigenvalue weighted by Crippen LogP contribution is 2.15. The summed E-state index contributed by atoms with van der Waals surface area (Å²) >= 11 is 1.87. The molecule has 5 heteroatoms.